The van der Waals surface area contributed by atoms with Gasteiger partial charge in [-0.25, -0.2) is 0 Å². The normalized spacial score (nSPS) is 19.6. The Morgan fingerprint density at radius 2 is 1.94 bits per heavy atom. The molecule has 1 atom stereocenters. The molecule has 1 unspecified atom stereocenters. The molecule has 2 rings (SSSR count). The highest BCUT2D eigenvalue weighted by Crippen LogP contribution is 2.23. The Balaban J connectivity index is 0.000000686. The summed E-state index contributed by atoms with van der Waals surface area (Å²) < 4.78 is 0. The Morgan fingerprint density at radius 3 is 2.59 bits per heavy atom. The lowest BCUT2D eigenvalue weighted by Gasteiger charge is -2.34. The first kappa shape index (κ1) is 14.0. The van der Waals surface area contributed by atoms with Gasteiger partial charge in [0.2, 0.25) is 0 Å². The molecular formula is C15H26N2. The van der Waals surface area contributed by atoms with Crippen molar-refractivity contribution in [1.82, 2.24) is 5.32 Å². The number of benzene rings is 1. The summed E-state index contributed by atoms with van der Waals surface area (Å²) in [6, 6.07) is 7.17. The average molecular weight is 234 g/mol. The molecule has 0 radical (unpaired) electrons. The van der Waals surface area contributed by atoms with Crippen LogP contribution in [0.1, 0.15) is 31.9 Å². The Labute approximate surface area is 106 Å². The standard InChI is InChI=1S/C13H20N2.C2H6/c1-10-5-4-6-13(12(10)3)15-8-7-14-11(2)9-15;1-2/h4-6,11,14H,7-9H2,1-3H3;1-2H3. The lowest BCUT2D eigenvalue weighted by molar-refractivity contribution is 0.484. The van der Waals surface area contributed by atoms with E-state index in [1.807, 2.05) is 13.8 Å². The topological polar surface area (TPSA) is 15.3 Å². The maximum absolute atomic E-state index is 3.47. The molecule has 1 aliphatic heterocycles. The van der Waals surface area contributed by atoms with Gasteiger partial charge in [0.1, 0.15) is 0 Å². The van der Waals surface area contributed by atoms with E-state index in [1.54, 1.807) is 0 Å². The molecule has 0 saturated carbocycles. The summed E-state index contributed by atoms with van der Waals surface area (Å²) in [4.78, 5) is 2.49. The van der Waals surface area contributed by atoms with Gasteiger partial charge in [0, 0.05) is 31.4 Å². The third-order valence-corrected chi connectivity index (χ3v) is 3.29. The molecule has 1 N–H and O–H groups in total. The molecule has 0 bridgehead atoms. The van der Waals surface area contributed by atoms with Gasteiger partial charge in [-0.3, -0.25) is 0 Å². The largest absolute Gasteiger partial charge is 0.368 e. The zero-order chi connectivity index (χ0) is 12.8. The minimum Gasteiger partial charge on any atom is -0.368 e. The number of piperazine rings is 1. The van der Waals surface area contributed by atoms with Crippen LogP contribution in [-0.4, -0.2) is 25.7 Å². The van der Waals surface area contributed by atoms with Gasteiger partial charge in [0.05, 0.1) is 0 Å². The molecule has 17 heavy (non-hydrogen) atoms. The van der Waals surface area contributed by atoms with Crippen LogP contribution in [0, 0.1) is 13.8 Å². The Kier molecular flexibility index (Phi) is 5.49. The van der Waals surface area contributed by atoms with Gasteiger partial charge in [-0.1, -0.05) is 26.0 Å². The van der Waals surface area contributed by atoms with Gasteiger partial charge >= 0.3 is 0 Å². The molecule has 0 aliphatic carbocycles. The van der Waals surface area contributed by atoms with E-state index >= 15 is 0 Å². The van der Waals surface area contributed by atoms with Crippen molar-refractivity contribution in [3.63, 3.8) is 0 Å². The van der Waals surface area contributed by atoms with Crippen molar-refractivity contribution in [3.05, 3.63) is 29.3 Å². The van der Waals surface area contributed by atoms with E-state index in [9.17, 15) is 0 Å². The molecule has 2 heteroatoms. The highest BCUT2D eigenvalue weighted by Gasteiger charge is 2.17. The number of aryl methyl sites for hydroxylation is 1. The van der Waals surface area contributed by atoms with Crippen molar-refractivity contribution in [2.45, 2.75) is 40.7 Å². The summed E-state index contributed by atoms with van der Waals surface area (Å²) in [5.74, 6) is 0. The van der Waals surface area contributed by atoms with Crippen molar-refractivity contribution in [3.8, 4) is 0 Å². The summed E-state index contributed by atoms with van der Waals surface area (Å²) in [6.45, 7) is 14.0. The van der Waals surface area contributed by atoms with Crippen LogP contribution >= 0.6 is 0 Å². The molecule has 1 saturated heterocycles. The number of hydrogen-bond donors (Lipinski definition) is 1. The van der Waals surface area contributed by atoms with Crippen molar-refractivity contribution in [2.24, 2.45) is 0 Å². The summed E-state index contributed by atoms with van der Waals surface area (Å²) in [5, 5.41) is 3.47. The fourth-order valence-corrected chi connectivity index (χ4v) is 2.23. The monoisotopic (exact) mass is 234 g/mol. The van der Waals surface area contributed by atoms with Crippen LogP contribution in [0.15, 0.2) is 18.2 Å². The van der Waals surface area contributed by atoms with E-state index in [0.29, 0.717) is 6.04 Å². The van der Waals surface area contributed by atoms with Gasteiger partial charge < -0.3 is 10.2 Å². The minimum atomic E-state index is 0.596. The first-order valence-electron chi connectivity index (χ1n) is 6.73. The molecular weight excluding hydrogens is 208 g/mol. The van der Waals surface area contributed by atoms with Crippen LogP contribution in [0.3, 0.4) is 0 Å². The van der Waals surface area contributed by atoms with E-state index in [0.717, 1.165) is 19.6 Å². The number of nitrogens with one attached hydrogen (secondary N) is 1. The average Bonchev–Trinajstić information content (AvgIpc) is 2.35. The fourth-order valence-electron chi connectivity index (χ4n) is 2.23. The number of hydrogen-bond acceptors (Lipinski definition) is 2. The SMILES string of the molecule is CC.Cc1cccc(N2CCNC(C)C2)c1C. The van der Waals surface area contributed by atoms with Crippen molar-refractivity contribution in [1.29, 1.82) is 0 Å². The number of anilines is 1. The lowest BCUT2D eigenvalue weighted by atomic mass is 10.1. The van der Waals surface area contributed by atoms with Crippen LogP contribution in [0.2, 0.25) is 0 Å². The highest BCUT2D eigenvalue weighted by atomic mass is 15.2. The van der Waals surface area contributed by atoms with Gasteiger partial charge in [0.15, 0.2) is 0 Å². The van der Waals surface area contributed by atoms with Crippen LogP contribution in [-0.2, 0) is 0 Å². The van der Waals surface area contributed by atoms with Gasteiger partial charge in [-0.15, -0.1) is 0 Å². The van der Waals surface area contributed by atoms with Gasteiger partial charge in [-0.05, 0) is 38.0 Å². The van der Waals surface area contributed by atoms with E-state index in [4.69, 9.17) is 0 Å². The van der Waals surface area contributed by atoms with Crippen molar-refractivity contribution >= 4 is 5.69 Å². The highest BCUT2D eigenvalue weighted by molar-refractivity contribution is 5.56. The lowest BCUT2D eigenvalue weighted by Crippen LogP contribution is -2.49. The predicted octanol–water partition coefficient (Wildman–Crippen LogP) is 3.13. The molecule has 96 valence electrons. The second-order valence-corrected chi connectivity index (χ2v) is 4.52. The number of rotatable bonds is 1. The van der Waals surface area contributed by atoms with E-state index < -0.39 is 0 Å². The first-order chi connectivity index (χ1) is 8.18. The van der Waals surface area contributed by atoms with Crippen molar-refractivity contribution in [2.75, 3.05) is 24.5 Å². The van der Waals surface area contributed by atoms with Crippen LogP contribution in [0.4, 0.5) is 5.69 Å². The smallest absolute Gasteiger partial charge is 0.0399 e. The third kappa shape index (κ3) is 3.47. The summed E-state index contributed by atoms with van der Waals surface area (Å²) >= 11 is 0. The molecule has 1 aromatic rings. The number of nitrogens with zero attached hydrogens (tertiary/aromatic N) is 1. The predicted molar refractivity (Wildman–Crippen MR) is 76.9 cm³/mol. The Bertz CT molecular complexity index is 347. The Morgan fingerprint density at radius 1 is 1.24 bits per heavy atom. The van der Waals surface area contributed by atoms with E-state index in [1.165, 1.54) is 16.8 Å². The third-order valence-electron chi connectivity index (χ3n) is 3.29. The molecule has 0 aromatic heterocycles. The summed E-state index contributed by atoms with van der Waals surface area (Å²) in [7, 11) is 0. The van der Waals surface area contributed by atoms with Gasteiger partial charge in [-0.2, -0.15) is 0 Å². The van der Waals surface area contributed by atoms with E-state index in [2.05, 4.69) is 49.2 Å². The van der Waals surface area contributed by atoms with E-state index in [-0.39, 0.29) is 0 Å². The molecule has 1 aromatic carbocycles. The Hall–Kier alpha value is -1.02. The zero-order valence-corrected chi connectivity index (χ0v) is 11.9. The maximum Gasteiger partial charge on any atom is 0.0399 e. The van der Waals surface area contributed by atoms with Crippen molar-refractivity contribution < 1.29 is 0 Å². The first-order valence-corrected chi connectivity index (χ1v) is 6.73. The van der Waals surface area contributed by atoms with Crippen LogP contribution < -0.4 is 10.2 Å². The summed E-state index contributed by atoms with van der Waals surface area (Å²) in [6.07, 6.45) is 0. The molecule has 0 amide bonds. The fraction of sp³-hybridized carbons (Fsp3) is 0.600. The second kappa shape index (κ2) is 6.65. The second-order valence-electron chi connectivity index (χ2n) is 4.52. The molecule has 1 heterocycles. The van der Waals surface area contributed by atoms with Crippen LogP contribution in [0.25, 0.3) is 0 Å². The van der Waals surface area contributed by atoms with Crippen LogP contribution in [0.5, 0.6) is 0 Å². The zero-order valence-electron chi connectivity index (χ0n) is 11.9. The summed E-state index contributed by atoms with van der Waals surface area (Å²) in [5.41, 5.74) is 4.22. The molecule has 2 nitrogen and oxygen atoms in total. The minimum absolute atomic E-state index is 0.596. The molecule has 1 aliphatic rings. The quantitative estimate of drug-likeness (QED) is 0.803. The molecule has 1 fully saturated rings. The van der Waals surface area contributed by atoms with Gasteiger partial charge in [0.25, 0.3) is 0 Å². The molecule has 0 spiro atoms. The maximum atomic E-state index is 3.47.